The van der Waals surface area contributed by atoms with Gasteiger partial charge in [-0.2, -0.15) is 5.10 Å². The van der Waals surface area contributed by atoms with Gasteiger partial charge in [0.15, 0.2) is 6.67 Å². The molecule has 0 bridgehead atoms. The second-order valence-corrected chi connectivity index (χ2v) is 11.5. The summed E-state index contributed by atoms with van der Waals surface area (Å²) in [7, 11) is 0. The third kappa shape index (κ3) is 6.93. The molecule has 0 amide bonds. The zero-order valence-electron chi connectivity index (χ0n) is 23.4. The molecule has 2 aliphatic heterocycles. The Kier molecular flexibility index (Phi) is 10.0. The molecule has 2 unspecified atom stereocenters. The maximum Gasteiger partial charge on any atom is 0.290 e. The first-order valence-corrected chi connectivity index (χ1v) is 14.2. The molecule has 216 valence electrons. The van der Waals surface area contributed by atoms with Gasteiger partial charge in [-0.05, 0) is 55.2 Å². The fourth-order valence-corrected chi connectivity index (χ4v) is 6.11. The molecular formula is C30H39ClF2N5O2+. The van der Waals surface area contributed by atoms with Crippen LogP contribution in [-0.2, 0) is 4.79 Å². The highest BCUT2D eigenvalue weighted by atomic mass is 35.5. The maximum atomic E-state index is 13.8. The second-order valence-electron chi connectivity index (χ2n) is 11.0. The van der Waals surface area contributed by atoms with Gasteiger partial charge in [-0.1, -0.05) is 43.6 Å². The van der Waals surface area contributed by atoms with Crippen LogP contribution in [0.5, 0.6) is 0 Å². The Morgan fingerprint density at radius 2 is 1.88 bits per heavy atom. The molecule has 3 heterocycles. The van der Waals surface area contributed by atoms with Crippen molar-refractivity contribution in [2.24, 2.45) is 5.92 Å². The zero-order valence-corrected chi connectivity index (χ0v) is 24.1. The summed E-state index contributed by atoms with van der Waals surface area (Å²) >= 11 is 6.46. The molecule has 2 saturated heterocycles. The lowest BCUT2D eigenvalue weighted by Crippen LogP contribution is -3.11. The maximum absolute atomic E-state index is 13.8. The lowest BCUT2D eigenvalue weighted by Gasteiger charge is -2.36. The number of nitrogens with one attached hydrogen (secondary N) is 1. The number of aryl methyl sites for hydroxylation is 1. The SMILES string of the molecule is Cc1cnn(C2CCCN(c3cc(Cl)ccc3-c3ccc(N4CC[NH+](CC(C)C)C4)cc3)C2)c1C(F)F.O=CO. The van der Waals surface area contributed by atoms with Crippen molar-refractivity contribution in [1.29, 1.82) is 0 Å². The number of piperidine rings is 1. The first-order valence-electron chi connectivity index (χ1n) is 13.8. The van der Waals surface area contributed by atoms with Gasteiger partial charge in [-0.15, -0.1) is 0 Å². The van der Waals surface area contributed by atoms with Crippen LogP contribution in [-0.4, -0.2) is 60.8 Å². The number of carboxylic acid groups (broad SMARTS) is 1. The summed E-state index contributed by atoms with van der Waals surface area (Å²) in [6.45, 7) is 12.0. The van der Waals surface area contributed by atoms with Gasteiger partial charge in [-0.3, -0.25) is 9.48 Å². The number of quaternary nitrogens is 1. The summed E-state index contributed by atoms with van der Waals surface area (Å²) in [5.41, 5.74) is 5.11. The fourth-order valence-electron chi connectivity index (χ4n) is 5.94. The van der Waals surface area contributed by atoms with Crippen LogP contribution < -0.4 is 14.7 Å². The van der Waals surface area contributed by atoms with Crippen molar-refractivity contribution < 1.29 is 23.6 Å². The highest BCUT2D eigenvalue weighted by molar-refractivity contribution is 6.31. The number of nitrogens with zero attached hydrogens (tertiary/aromatic N) is 4. The molecule has 40 heavy (non-hydrogen) atoms. The third-order valence-electron chi connectivity index (χ3n) is 7.67. The van der Waals surface area contributed by atoms with E-state index in [0.29, 0.717) is 23.0 Å². The van der Waals surface area contributed by atoms with Crippen molar-refractivity contribution >= 4 is 29.4 Å². The van der Waals surface area contributed by atoms with E-state index in [1.165, 1.54) is 18.8 Å². The first-order chi connectivity index (χ1) is 19.2. The van der Waals surface area contributed by atoms with Gasteiger partial charge >= 0.3 is 0 Å². The van der Waals surface area contributed by atoms with Gasteiger partial charge < -0.3 is 19.8 Å². The molecule has 3 aromatic rings. The van der Waals surface area contributed by atoms with E-state index in [-0.39, 0.29) is 18.2 Å². The van der Waals surface area contributed by atoms with Gasteiger partial charge in [-0.25, -0.2) is 8.78 Å². The Labute approximate surface area is 239 Å². The summed E-state index contributed by atoms with van der Waals surface area (Å²) in [4.78, 5) is 14.7. The van der Waals surface area contributed by atoms with Crippen LogP contribution in [0.15, 0.2) is 48.7 Å². The molecule has 0 spiro atoms. The summed E-state index contributed by atoms with van der Waals surface area (Å²) in [5.74, 6) is 0.703. The minimum atomic E-state index is -2.53. The zero-order chi connectivity index (χ0) is 28.8. The number of hydrogen-bond acceptors (Lipinski definition) is 4. The van der Waals surface area contributed by atoms with Crippen LogP contribution in [0, 0.1) is 12.8 Å². The highest BCUT2D eigenvalue weighted by Crippen LogP contribution is 2.38. The highest BCUT2D eigenvalue weighted by Gasteiger charge is 2.29. The second kappa shape index (κ2) is 13.5. The Morgan fingerprint density at radius 1 is 1.15 bits per heavy atom. The van der Waals surface area contributed by atoms with Gasteiger partial charge in [0.25, 0.3) is 12.9 Å². The predicted octanol–water partition coefficient (Wildman–Crippen LogP) is 5.31. The number of hydrogen-bond donors (Lipinski definition) is 2. The number of anilines is 2. The number of aromatic nitrogens is 2. The van der Waals surface area contributed by atoms with Gasteiger partial charge in [0.1, 0.15) is 5.69 Å². The monoisotopic (exact) mass is 574 g/mol. The van der Waals surface area contributed by atoms with Gasteiger partial charge in [0, 0.05) is 41.0 Å². The average molecular weight is 575 g/mol. The van der Waals surface area contributed by atoms with Gasteiger partial charge in [0.05, 0.1) is 31.9 Å². The lowest BCUT2D eigenvalue weighted by molar-refractivity contribution is -0.889. The van der Waals surface area contributed by atoms with Crippen LogP contribution >= 0.6 is 11.6 Å². The molecule has 2 aromatic carbocycles. The number of alkyl halides is 2. The molecule has 2 N–H and O–H groups in total. The van der Waals surface area contributed by atoms with Crippen LogP contribution in [0.3, 0.4) is 0 Å². The van der Waals surface area contributed by atoms with Crippen molar-refractivity contribution in [3.05, 3.63) is 64.9 Å². The van der Waals surface area contributed by atoms with E-state index in [9.17, 15) is 8.78 Å². The number of rotatable bonds is 7. The van der Waals surface area contributed by atoms with E-state index in [0.717, 1.165) is 49.4 Å². The van der Waals surface area contributed by atoms with E-state index in [2.05, 4.69) is 59.1 Å². The molecule has 7 nitrogen and oxygen atoms in total. The molecular weight excluding hydrogens is 536 g/mol. The van der Waals surface area contributed by atoms with Crippen molar-refractivity contribution in [2.75, 3.05) is 49.2 Å². The molecule has 1 aromatic heterocycles. The normalized spacial score (nSPS) is 19.2. The quantitative estimate of drug-likeness (QED) is 0.374. The number of carbonyl (C=O) groups is 1. The predicted molar refractivity (Wildman–Crippen MR) is 156 cm³/mol. The summed E-state index contributed by atoms with van der Waals surface area (Å²) in [6.07, 6.45) is 0.749. The molecule has 0 aliphatic carbocycles. The molecule has 2 aliphatic rings. The van der Waals surface area contributed by atoms with Crippen molar-refractivity contribution in [3.63, 3.8) is 0 Å². The standard InChI is InChI=1S/C29H36ClF2N5.CH2O2/c1-20(2)17-34-13-14-36(19-34)24-9-6-22(7-10-24)26-11-8-23(30)15-27(26)35-12-4-5-25(18-35)37-28(29(31)32)21(3)16-33-37;2-1-3/h6-11,15-16,20,25,29H,4-5,12-14,17-19H2,1-3H3;1H,(H,2,3)/p+1. The molecule has 0 radical (unpaired) electrons. The Bertz CT molecular complexity index is 1270. The smallest absolute Gasteiger partial charge is 0.290 e. The van der Waals surface area contributed by atoms with Crippen LogP contribution in [0.4, 0.5) is 20.2 Å². The molecule has 2 fully saturated rings. The third-order valence-corrected chi connectivity index (χ3v) is 7.90. The first kappa shape index (κ1) is 29.8. The average Bonchev–Trinajstić information content (AvgIpc) is 3.55. The Morgan fingerprint density at radius 3 is 2.55 bits per heavy atom. The largest absolute Gasteiger partial charge is 0.483 e. The Balaban J connectivity index is 0.00000118. The van der Waals surface area contributed by atoms with Crippen molar-refractivity contribution in [1.82, 2.24) is 9.78 Å². The summed E-state index contributed by atoms with van der Waals surface area (Å²) < 4.78 is 29.1. The summed E-state index contributed by atoms with van der Waals surface area (Å²) in [5, 5.41) is 11.9. The number of halogens is 3. The van der Waals surface area contributed by atoms with E-state index in [1.54, 1.807) is 22.7 Å². The van der Waals surface area contributed by atoms with E-state index >= 15 is 0 Å². The van der Waals surface area contributed by atoms with Crippen molar-refractivity contribution in [3.8, 4) is 11.1 Å². The van der Waals surface area contributed by atoms with E-state index in [1.807, 2.05) is 12.1 Å². The van der Waals surface area contributed by atoms with Crippen LogP contribution in [0.1, 0.15) is 50.4 Å². The number of benzene rings is 2. The minimum absolute atomic E-state index is 0.0319. The van der Waals surface area contributed by atoms with E-state index < -0.39 is 6.43 Å². The van der Waals surface area contributed by atoms with Crippen LogP contribution in [0.25, 0.3) is 11.1 Å². The minimum Gasteiger partial charge on any atom is -0.483 e. The van der Waals surface area contributed by atoms with E-state index in [4.69, 9.17) is 21.5 Å². The fraction of sp³-hybridized carbons (Fsp3) is 0.467. The van der Waals surface area contributed by atoms with Gasteiger partial charge in [0.2, 0.25) is 0 Å². The lowest BCUT2D eigenvalue weighted by atomic mass is 9.99. The molecule has 2 atom stereocenters. The molecule has 5 rings (SSSR count). The van der Waals surface area contributed by atoms with Crippen molar-refractivity contribution in [2.45, 2.75) is 46.1 Å². The Hall–Kier alpha value is -3.17. The van der Waals surface area contributed by atoms with Crippen LogP contribution in [0.2, 0.25) is 5.02 Å². The molecule has 10 heteroatoms. The topological polar surface area (TPSA) is 66.0 Å². The molecule has 0 saturated carbocycles. The summed E-state index contributed by atoms with van der Waals surface area (Å²) in [6, 6.07) is 14.7.